The van der Waals surface area contributed by atoms with Gasteiger partial charge in [-0.25, -0.2) is 0 Å². The fourth-order valence-corrected chi connectivity index (χ4v) is 3.01. The Morgan fingerprint density at radius 3 is 2.65 bits per heavy atom. The zero-order chi connectivity index (χ0) is 16.1. The Hall–Kier alpha value is -1.85. The lowest BCUT2D eigenvalue weighted by molar-refractivity contribution is 0.0923. The van der Waals surface area contributed by atoms with Crippen molar-refractivity contribution in [1.29, 1.82) is 0 Å². The standard InChI is InChI=1S/C18H25N3O2/c1-2-20-10-12-21(13-11-20)9-5-8-19-18(22)17-14-15-6-3-4-7-16(15)23-17/h3-4,6-7,14H,2,5,8-13H2,1H3,(H,19,22). The maximum absolute atomic E-state index is 12.1. The fourth-order valence-electron chi connectivity index (χ4n) is 3.01. The van der Waals surface area contributed by atoms with E-state index in [0.29, 0.717) is 12.3 Å². The molecule has 5 heteroatoms. The van der Waals surface area contributed by atoms with Crippen LogP contribution in [0.2, 0.25) is 0 Å². The van der Waals surface area contributed by atoms with E-state index in [9.17, 15) is 4.79 Å². The second-order valence-corrected chi connectivity index (χ2v) is 6.03. The maximum atomic E-state index is 12.1. The summed E-state index contributed by atoms with van der Waals surface area (Å²) in [6.45, 7) is 9.65. The van der Waals surface area contributed by atoms with Gasteiger partial charge >= 0.3 is 0 Å². The van der Waals surface area contributed by atoms with E-state index in [1.807, 2.05) is 24.3 Å². The van der Waals surface area contributed by atoms with Gasteiger partial charge < -0.3 is 19.5 Å². The zero-order valence-corrected chi connectivity index (χ0v) is 13.8. The molecule has 5 nitrogen and oxygen atoms in total. The van der Waals surface area contributed by atoms with Crippen LogP contribution < -0.4 is 5.32 Å². The van der Waals surface area contributed by atoms with Crippen molar-refractivity contribution in [2.24, 2.45) is 0 Å². The maximum Gasteiger partial charge on any atom is 0.287 e. The van der Waals surface area contributed by atoms with Gasteiger partial charge in [-0.3, -0.25) is 4.79 Å². The van der Waals surface area contributed by atoms with Gasteiger partial charge in [0.2, 0.25) is 0 Å². The van der Waals surface area contributed by atoms with Gasteiger partial charge in [0.15, 0.2) is 5.76 Å². The van der Waals surface area contributed by atoms with Crippen molar-refractivity contribution in [3.05, 3.63) is 36.1 Å². The number of nitrogens with zero attached hydrogens (tertiary/aromatic N) is 2. The van der Waals surface area contributed by atoms with Crippen molar-refractivity contribution in [1.82, 2.24) is 15.1 Å². The monoisotopic (exact) mass is 315 g/mol. The molecule has 124 valence electrons. The van der Waals surface area contributed by atoms with Crippen LogP contribution in [0.15, 0.2) is 34.7 Å². The highest BCUT2D eigenvalue weighted by Gasteiger charge is 2.15. The van der Waals surface area contributed by atoms with Crippen LogP contribution in [0, 0.1) is 0 Å². The highest BCUT2D eigenvalue weighted by Crippen LogP contribution is 2.18. The number of fused-ring (bicyclic) bond motifs is 1. The summed E-state index contributed by atoms with van der Waals surface area (Å²) in [4.78, 5) is 17.1. The summed E-state index contributed by atoms with van der Waals surface area (Å²) >= 11 is 0. The van der Waals surface area contributed by atoms with E-state index in [1.54, 1.807) is 6.07 Å². The molecule has 1 N–H and O–H groups in total. The third-order valence-electron chi connectivity index (χ3n) is 4.50. The van der Waals surface area contributed by atoms with E-state index in [-0.39, 0.29) is 5.91 Å². The molecule has 1 saturated heterocycles. The Morgan fingerprint density at radius 2 is 1.91 bits per heavy atom. The topological polar surface area (TPSA) is 48.7 Å². The summed E-state index contributed by atoms with van der Waals surface area (Å²) in [5, 5.41) is 3.91. The molecule has 23 heavy (non-hydrogen) atoms. The van der Waals surface area contributed by atoms with Crippen LogP contribution in [0.1, 0.15) is 23.9 Å². The van der Waals surface area contributed by atoms with Gasteiger partial charge in [0.25, 0.3) is 5.91 Å². The highest BCUT2D eigenvalue weighted by atomic mass is 16.3. The number of furan rings is 1. The van der Waals surface area contributed by atoms with Crippen LogP contribution >= 0.6 is 0 Å². The van der Waals surface area contributed by atoms with Gasteiger partial charge in [-0.1, -0.05) is 25.1 Å². The van der Waals surface area contributed by atoms with Crippen LogP contribution in [-0.2, 0) is 0 Å². The second-order valence-electron chi connectivity index (χ2n) is 6.03. The summed E-state index contributed by atoms with van der Waals surface area (Å²) in [6, 6.07) is 9.48. The molecule has 0 unspecified atom stereocenters. The molecule has 0 bridgehead atoms. The van der Waals surface area contributed by atoms with E-state index in [4.69, 9.17) is 4.42 Å². The fraction of sp³-hybridized carbons (Fsp3) is 0.500. The predicted molar refractivity (Wildman–Crippen MR) is 91.7 cm³/mol. The average molecular weight is 315 g/mol. The molecular formula is C18H25N3O2. The molecule has 1 aromatic heterocycles. The summed E-state index contributed by atoms with van der Waals surface area (Å²) in [6.07, 6.45) is 0.970. The summed E-state index contributed by atoms with van der Waals surface area (Å²) in [7, 11) is 0. The van der Waals surface area contributed by atoms with Crippen molar-refractivity contribution in [3.8, 4) is 0 Å². The quantitative estimate of drug-likeness (QED) is 0.830. The van der Waals surface area contributed by atoms with Crippen LogP contribution in [0.25, 0.3) is 11.0 Å². The molecule has 0 spiro atoms. The number of para-hydroxylation sites is 1. The first-order valence-electron chi connectivity index (χ1n) is 8.48. The number of nitrogens with one attached hydrogen (secondary N) is 1. The van der Waals surface area contributed by atoms with E-state index in [1.165, 1.54) is 0 Å². The van der Waals surface area contributed by atoms with E-state index in [2.05, 4.69) is 22.0 Å². The molecule has 1 fully saturated rings. The van der Waals surface area contributed by atoms with Gasteiger partial charge in [0.05, 0.1) is 0 Å². The smallest absolute Gasteiger partial charge is 0.287 e. The SMILES string of the molecule is CCN1CCN(CCCNC(=O)c2cc3ccccc3o2)CC1. The van der Waals surface area contributed by atoms with E-state index >= 15 is 0 Å². The molecule has 1 aliphatic heterocycles. The third-order valence-corrected chi connectivity index (χ3v) is 4.50. The number of amides is 1. The number of benzene rings is 1. The van der Waals surface area contributed by atoms with Crippen molar-refractivity contribution >= 4 is 16.9 Å². The van der Waals surface area contributed by atoms with Crippen molar-refractivity contribution in [2.75, 3.05) is 45.8 Å². The molecule has 3 rings (SSSR count). The van der Waals surface area contributed by atoms with Crippen LogP contribution in [0.4, 0.5) is 0 Å². The highest BCUT2D eigenvalue weighted by molar-refractivity contribution is 5.95. The third kappa shape index (κ3) is 4.12. The number of piperazine rings is 1. The number of hydrogen-bond donors (Lipinski definition) is 1. The van der Waals surface area contributed by atoms with Gasteiger partial charge in [-0.05, 0) is 31.6 Å². The largest absolute Gasteiger partial charge is 0.451 e. The van der Waals surface area contributed by atoms with E-state index < -0.39 is 0 Å². The Labute approximate surface area is 137 Å². The first-order chi connectivity index (χ1) is 11.3. The first kappa shape index (κ1) is 16.0. The normalized spacial score (nSPS) is 16.7. The number of carbonyl (C=O) groups excluding carboxylic acids is 1. The molecule has 1 aromatic carbocycles. The molecule has 1 amide bonds. The molecule has 0 aliphatic carbocycles. The van der Waals surface area contributed by atoms with Crippen LogP contribution in [-0.4, -0.2) is 61.5 Å². The minimum absolute atomic E-state index is 0.128. The minimum Gasteiger partial charge on any atom is -0.451 e. The summed E-state index contributed by atoms with van der Waals surface area (Å²) < 4.78 is 5.57. The minimum atomic E-state index is -0.128. The zero-order valence-electron chi connectivity index (χ0n) is 13.8. The second kappa shape index (κ2) is 7.62. The van der Waals surface area contributed by atoms with Gasteiger partial charge in [0.1, 0.15) is 5.58 Å². The van der Waals surface area contributed by atoms with Gasteiger partial charge in [-0.2, -0.15) is 0 Å². The molecule has 0 saturated carbocycles. The lowest BCUT2D eigenvalue weighted by Crippen LogP contribution is -2.46. The van der Waals surface area contributed by atoms with Crippen LogP contribution in [0.3, 0.4) is 0 Å². The molecule has 0 radical (unpaired) electrons. The average Bonchev–Trinajstić information content (AvgIpc) is 3.03. The lowest BCUT2D eigenvalue weighted by Gasteiger charge is -2.33. The molecule has 2 aromatic rings. The van der Waals surface area contributed by atoms with Crippen LogP contribution in [0.5, 0.6) is 0 Å². The molecule has 2 heterocycles. The van der Waals surface area contributed by atoms with E-state index in [0.717, 1.165) is 56.7 Å². The van der Waals surface area contributed by atoms with Crippen molar-refractivity contribution < 1.29 is 9.21 Å². The molecular weight excluding hydrogens is 290 g/mol. The van der Waals surface area contributed by atoms with Gasteiger partial charge in [-0.15, -0.1) is 0 Å². The Morgan fingerprint density at radius 1 is 1.17 bits per heavy atom. The number of carbonyl (C=O) groups is 1. The molecule has 0 atom stereocenters. The summed E-state index contributed by atoms with van der Waals surface area (Å²) in [5.74, 6) is 0.264. The molecule has 1 aliphatic rings. The first-order valence-corrected chi connectivity index (χ1v) is 8.48. The Kier molecular flexibility index (Phi) is 5.31. The van der Waals surface area contributed by atoms with Gasteiger partial charge in [0, 0.05) is 38.1 Å². The summed E-state index contributed by atoms with van der Waals surface area (Å²) in [5.41, 5.74) is 0.756. The van der Waals surface area contributed by atoms with Crippen molar-refractivity contribution in [2.45, 2.75) is 13.3 Å². The Bertz CT molecular complexity index is 612. The number of rotatable bonds is 6. The lowest BCUT2D eigenvalue weighted by atomic mass is 10.2. The predicted octanol–water partition coefficient (Wildman–Crippen LogP) is 2.19. The number of likely N-dealkylation sites (N-methyl/N-ethyl adjacent to an activating group) is 1. The van der Waals surface area contributed by atoms with Crippen molar-refractivity contribution in [3.63, 3.8) is 0 Å². The Balaban J connectivity index is 1.39. The number of hydrogen-bond acceptors (Lipinski definition) is 4.